The van der Waals surface area contributed by atoms with Gasteiger partial charge in [0.15, 0.2) is 0 Å². The van der Waals surface area contributed by atoms with Gasteiger partial charge in [0.05, 0.1) is 13.4 Å². The van der Waals surface area contributed by atoms with Crippen molar-refractivity contribution in [1.29, 1.82) is 0 Å². The van der Waals surface area contributed by atoms with Crippen LogP contribution in [0.5, 0.6) is 5.75 Å². The molecule has 180 valence electrons. The molecule has 33 heavy (non-hydrogen) atoms. The van der Waals surface area contributed by atoms with Gasteiger partial charge in [0, 0.05) is 13.1 Å². The molecule has 1 amide bonds. The molecule has 0 bridgehead atoms. The molecule has 1 aliphatic rings. The number of likely N-dealkylation sites (N-methyl/N-ethyl adjacent to an activating group) is 1. The van der Waals surface area contributed by atoms with Gasteiger partial charge in [-0.05, 0) is 47.7 Å². The predicted octanol–water partition coefficient (Wildman–Crippen LogP) is 2.93. The summed E-state index contributed by atoms with van der Waals surface area (Å²) in [6.07, 6.45) is 1.53. The predicted molar refractivity (Wildman–Crippen MR) is 131 cm³/mol. The summed E-state index contributed by atoms with van der Waals surface area (Å²) in [5, 5.41) is 0. The van der Waals surface area contributed by atoms with E-state index >= 15 is 0 Å². The minimum absolute atomic E-state index is 0.0337. The lowest BCUT2D eigenvalue weighted by molar-refractivity contribution is -0.130. The van der Waals surface area contributed by atoms with Crippen LogP contribution in [0.25, 0.3) is 0 Å². The Morgan fingerprint density at radius 1 is 1.03 bits per heavy atom. The molecule has 2 aromatic rings. The summed E-state index contributed by atoms with van der Waals surface area (Å²) in [6.45, 7) is 7.07. The van der Waals surface area contributed by atoms with Gasteiger partial charge < -0.3 is 9.64 Å². The average molecular weight is 474 g/mol. The summed E-state index contributed by atoms with van der Waals surface area (Å²) in [4.78, 5) is 17.2. The number of benzene rings is 2. The summed E-state index contributed by atoms with van der Waals surface area (Å²) < 4.78 is 31.1. The van der Waals surface area contributed by atoms with Crippen molar-refractivity contribution in [3.8, 4) is 5.75 Å². The molecule has 1 fully saturated rings. The van der Waals surface area contributed by atoms with Gasteiger partial charge in [-0.1, -0.05) is 57.2 Å². The van der Waals surface area contributed by atoms with Crippen molar-refractivity contribution in [2.24, 2.45) is 0 Å². The highest BCUT2D eigenvalue weighted by atomic mass is 32.2. The summed E-state index contributed by atoms with van der Waals surface area (Å²) >= 11 is 0. The van der Waals surface area contributed by atoms with Crippen LogP contribution in [0.2, 0.25) is 0 Å². The van der Waals surface area contributed by atoms with E-state index in [-0.39, 0.29) is 24.0 Å². The molecule has 1 saturated heterocycles. The summed E-state index contributed by atoms with van der Waals surface area (Å²) in [7, 11) is 0.109. The number of hydrogen-bond donors (Lipinski definition) is 1. The van der Waals surface area contributed by atoms with E-state index in [0.717, 1.165) is 23.1 Å². The van der Waals surface area contributed by atoms with Gasteiger partial charge in [0.2, 0.25) is 15.9 Å². The van der Waals surface area contributed by atoms with E-state index in [0.29, 0.717) is 13.0 Å². The first-order valence-corrected chi connectivity index (χ1v) is 13.0. The lowest BCUT2D eigenvalue weighted by atomic mass is 9.86. The molecular formula is C25H35N3O4S. The average Bonchev–Trinajstić information content (AvgIpc) is 2.99. The monoisotopic (exact) mass is 473 g/mol. The van der Waals surface area contributed by atoms with E-state index in [2.05, 4.69) is 49.8 Å². The van der Waals surface area contributed by atoms with Gasteiger partial charge in [-0.15, -0.1) is 0 Å². The van der Waals surface area contributed by atoms with Gasteiger partial charge in [0.1, 0.15) is 18.0 Å². The Hall–Kier alpha value is -2.42. The van der Waals surface area contributed by atoms with Crippen LogP contribution >= 0.6 is 0 Å². The van der Waals surface area contributed by atoms with E-state index in [1.54, 1.807) is 7.11 Å². The van der Waals surface area contributed by atoms with Gasteiger partial charge in [0.25, 0.3) is 0 Å². The van der Waals surface area contributed by atoms with E-state index in [1.807, 2.05) is 41.1 Å². The van der Waals surface area contributed by atoms with Crippen LogP contribution in [0.15, 0.2) is 48.5 Å². The fraction of sp³-hybridized carbons (Fsp3) is 0.480. The first-order chi connectivity index (χ1) is 15.4. The zero-order valence-electron chi connectivity index (χ0n) is 20.3. The molecule has 8 heteroatoms. The molecule has 1 heterocycles. The fourth-order valence-corrected chi connectivity index (χ4v) is 4.64. The lowest BCUT2D eigenvalue weighted by Crippen LogP contribution is -2.42. The number of carbonyl (C=O) groups is 1. The fourth-order valence-electron chi connectivity index (χ4n) is 4.18. The number of sulfonamides is 1. The molecule has 2 atom stereocenters. The standard InChI is InChI=1S/C25H35N3O4S/c1-25(2,3)20-11-9-19(10-12-20)23-27(4)22(17-26-33(6,30)31)24(29)28(23)16-15-18-7-13-21(32-5)14-8-18/h7-14,22-23,26H,15-17H2,1-6H3/t22-,23+/m0/s1. The molecule has 2 aromatic carbocycles. The number of carbonyl (C=O) groups excluding carboxylic acids is 1. The molecule has 0 unspecified atom stereocenters. The van der Waals surface area contributed by atoms with Gasteiger partial charge in [-0.3, -0.25) is 9.69 Å². The van der Waals surface area contributed by atoms with Crippen LogP contribution < -0.4 is 9.46 Å². The molecule has 7 nitrogen and oxygen atoms in total. The number of nitrogens with zero attached hydrogens (tertiary/aromatic N) is 2. The number of rotatable bonds is 8. The van der Waals surface area contributed by atoms with Crippen molar-refractivity contribution in [3.63, 3.8) is 0 Å². The molecular weight excluding hydrogens is 438 g/mol. The maximum Gasteiger partial charge on any atom is 0.242 e. The van der Waals surface area contributed by atoms with Gasteiger partial charge >= 0.3 is 0 Å². The highest BCUT2D eigenvalue weighted by Gasteiger charge is 2.44. The van der Waals surface area contributed by atoms with Crippen molar-refractivity contribution in [2.45, 2.75) is 44.8 Å². The second-order valence-corrected chi connectivity index (χ2v) is 11.5. The Balaban J connectivity index is 1.87. The van der Waals surface area contributed by atoms with Gasteiger partial charge in [-0.2, -0.15) is 0 Å². The number of methoxy groups -OCH3 is 1. The zero-order chi connectivity index (χ0) is 24.4. The number of amides is 1. The maximum atomic E-state index is 13.4. The molecule has 3 rings (SSSR count). The maximum absolute atomic E-state index is 13.4. The van der Waals surface area contributed by atoms with Crippen molar-refractivity contribution in [3.05, 3.63) is 65.2 Å². The molecule has 1 aliphatic heterocycles. The number of nitrogens with one attached hydrogen (secondary N) is 1. The SMILES string of the molecule is COc1ccc(CCN2C(=O)[C@H](CNS(C)(=O)=O)N(C)[C@H]2c2ccc(C(C)(C)C)cc2)cc1. The van der Waals surface area contributed by atoms with E-state index in [4.69, 9.17) is 4.74 Å². The lowest BCUT2D eigenvalue weighted by Gasteiger charge is -2.30. The van der Waals surface area contributed by atoms with Crippen molar-refractivity contribution < 1.29 is 17.9 Å². The Bertz CT molecular complexity index is 1060. The molecule has 0 saturated carbocycles. The van der Waals surface area contributed by atoms with E-state index < -0.39 is 16.1 Å². The normalized spacial score (nSPS) is 19.8. The smallest absolute Gasteiger partial charge is 0.242 e. The van der Waals surface area contributed by atoms with Crippen molar-refractivity contribution in [2.75, 3.05) is 33.5 Å². The van der Waals surface area contributed by atoms with Crippen LogP contribution in [0.3, 0.4) is 0 Å². The third-order valence-electron chi connectivity index (χ3n) is 6.15. The topological polar surface area (TPSA) is 79.0 Å². The first-order valence-electron chi connectivity index (χ1n) is 11.1. The summed E-state index contributed by atoms with van der Waals surface area (Å²) in [6, 6.07) is 15.6. The second kappa shape index (κ2) is 9.83. The molecule has 1 N–H and O–H groups in total. The Kier molecular flexibility index (Phi) is 7.51. The largest absolute Gasteiger partial charge is 0.497 e. The van der Waals surface area contributed by atoms with E-state index in [1.165, 1.54) is 5.56 Å². The highest BCUT2D eigenvalue weighted by Crippen LogP contribution is 2.34. The minimum Gasteiger partial charge on any atom is -0.497 e. The molecule has 0 radical (unpaired) electrons. The third-order valence-corrected chi connectivity index (χ3v) is 6.85. The van der Waals surface area contributed by atoms with Crippen LogP contribution in [-0.4, -0.2) is 63.7 Å². The van der Waals surface area contributed by atoms with E-state index in [9.17, 15) is 13.2 Å². The van der Waals surface area contributed by atoms with Crippen molar-refractivity contribution in [1.82, 2.24) is 14.5 Å². The van der Waals surface area contributed by atoms with Crippen LogP contribution in [0.1, 0.15) is 43.6 Å². The quantitative estimate of drug-likeness (QED) is 0.638. The number of ether oxygens (including phenoxy) is 1. The Morgan fingerprint density at radius 2 is 1.64 bits per heavy atom. The molecule has 0 aliphatic carbocycles. The summed E-state index contributed by atoms with van der Waals surface area (Å²) in [5.41, 5.74) is 3.37. The Morgan fingerprint density at radius 3 is 2.15 bits per heavy atom. The van der Waals surface area contributed by atoms with Crippen molar-refractivity contribution >= 4 is 15.9 Å². The van der Waals surface area contributed by atoms with Crippen LogP contribution in [0, 0.1) is 0 Å². The second-order valence-electron chi connectivity index (χ2n) is 9.68. The zero-order valence-corrected chi connectivity index (χ0v) is 21.1. The first kappa shape index (κ1) is 25.2. The summed E-state index contributed by atoms with van der Waals surface area (Å²) in [5.74, 6) is 0.714. The Labute approximate surface area is 197 Å². The van der Waals surface area contributed by atoms with Crippen LogP contribution in [0.4, 0.5) is 0 Å². The molecule has 0 spiro atoms. The van der Waals surface area contributed by atoms with Gasteiger partial charge in [-0.25, -0.2) is 13.1 Å². The third kappa shape index (κ3) is 6.13. The highest BCUT2D eigenvalue weighted by molar-refractivity contribution is 7.88. The molecule has 0 aromatic heterocycles. The van der Waals surface area contributed by atoms with Crippen LogP contribution in [-0.2, 0) is 26.7 Å². The number of hydrogen-bond acceptors (Lipinski definition) is 5. The minimum atomic E-state index is -3.40.